The number of imide groups is 1. The third kappa shape index (κ3) is 1.76. The van der Waals surface area contributed by atoms with Crippen LogP contribution in [0, 0.1) is 0 Å². The number of aliphatic hydroxyl groups is 1. The lowest BCUT2D eigenvalue weighted by atomic mass is 10.1. The Balaban J connectivity index is 2.18. The summed E-state index contributed by atoms with van der Waals surface area (Å²) in [6.45, 7) is 0.628. The minimum absolute atomic E-state index is 0.0700. The summed E-state index contributed by atoms with van der Waals surface area (Å²) in [6.07, 6.45) is 1.72. The van der Waals surface area contributed by atoms with Gasteiger partial charge in [0.25, 0.3) is 5.91 Å². The highest BCUT2D eigenvalue weighted by molar-refractivity contribution is 6.01. The summed E-state index contributed by atoms with van der Waals surface area (Å²) in [5, 5.41) is 8.80. The summed E-state index contributed by atoms with van der Waals surface area (Å²) >= 11 is 0. The monoisotopic (exact) mass is 240 g/mol. The average Bonchev–Trinajstić information content (AvgIpc) is 2.75. The molecule has 94 valence electrons. The zero-order chi connectivity index (χ0) is 12.6. The van der Waals surface area contributed by atoms with Crippen molar-refractivity contribution in [3.8, 4) is 0 Å². The van der Waals surface area contributed by atoms with Crippen molar-refractivity contribution in [3.63, 3.8) is 0 Å². The number of nitrogens with zero attached hydrogens (tertiary/aromatic N) is 4. The van der Waals surface area contributed by atoms with Crippen LogP contribution in [-0.4, -0.2) is 77.5 Å². The van der Waals surface area contributed by atoms with Gasteiger partial charge < -0.3 is 14.9 Å². The van der Waals surface area contributed by atoms with Crippen molar-refractivity contribution in [2.45, 2.75) is 18.6 Å². The summed E-state index contributed by atoms with van der Waals surface area (Å²) < 4.78 is 0. The molecule has 0 aromatic carbocycles. The first-order chi connectivity index (χ1) is 8.07. The second-order valence-electron chi connectivity index (χ2n) is 4.23. The number of carbonyl (C=O) groups is 2. The minimum atomic E-state index is -0.450. The number of rotatable bonds is 3. The van der Waals surface area contributed by atoms with E-state index in [-0.39, 0.29) is 18.5 Å². The number of likely N-dealkylation sites (N-methyl/N-ethyl adjacent to an activating group) is 2. The van der Waals surface area contributed by atoms with Gasteiger partial charge in [-0.2, -0.15) is 0 Å². The second kappa shape index (κ2) is 4.33. The predicted octanol–water partition coefficient (Wildman–Crippen LogP) is -1.07. The molecule has 0 aromatic heterocycles. The lowest BCUT2D eigenvalue weighted by Gasteiger charge is -2.39. The Morgan fingerprint density at radius 1 is 1.41 bits per heavy atom. The molecule has 3 amide bonds. The van der Waals surface area contributed by atoms with E-state index in [2.05, 4.69) is 4.99 Å². The molecule has 7 nitrogen and oxygen atoms in total. The van der Waals surface area contributed by atoms with Crippen LogP contribution in [-0.2, 0) is 4.79 Å². The van der Waals surface area contributed by atoms with Crippen LogP contribution in [0.25, 0.3) is 0 Å². The standard InChI is InChI=1S/C10H16N4O3/c1-12-8-7(9(16)13(2)10(12)17)14(6-11-8)4-3-5-15/h6-8,15H,3-5H2,1-2H3/t7-,8-/m0/s1. The molecule has 0 unspecified atom stereocenters. The quantitative estimate of drug-likeness (QED) is 0.681. The topological polar surface area (TPSA) is 76.5 Å². The number of urea groups is 1. The maximum atomic E-state index is 12.0. The third-order valence-electron chi connectivity index (χ3n) is 3.15. The van der Waals surface area contributed by atoms with Crippen LogP contribution in [0.1, 0.15) is 6.42 Å². The Kier molecular flexibility index (Phi) is 3.01. The molecule has 0 spiro atoms. The molecule has 0 aromatic rings. The molecule has 2 aliphatic heterocycles. The van der Waals surface area contributed by atoms with Crippen molar-refractivity contribution in [1.29, 1.82) is 0 Å². The van der Waals surface area contributed by atoms with Gasteiger partial charge in [-0.15, -0.1) is 0 Å². The Bertz CT molecular complexity index is 371. The molecule has 0 radical (unpaired) electrons. The Hall–Kier alpha value is -1.63. The largest absolute Gasteiger partial charge is 0.396 e. The van der Waals surface area contributed by atoms with Gasteiger partial charge in [0.05, 0.1) is 6.34 Å². The summed E-state index contributed by atoms with van der Waals surface area (Å²) in [5.41, 5.74) is 0. The van der Waals surface area contributed by atoms with Gasteiger partial charge in [0.2, 0.25) is 0 Å². The first-order valence-corrected chi connectivity index (χ1v) is 5.52. The van der Waals surface area contributed by atoms with Crippen molar-refractivity contribution in [3.05, 3.63) is 0 Å². The first kappa shape index (κ1) is 11.8. The molecule has 1 N–H and O–H groups in total. The fourth-order valence-corrected chi connectivity index (χ4v) is 2.15. The molecule has 0 bridgehead atoms. The van der Waals surface area contributed by atoms with Gasteiger partial charge in [-0.1, -0.05) is 0 Å². The summed E-state index contributed by atoms with van der Waals surface area (Å²) in [5.74, 6) is -0.242. The minimum Gasteiger partial charge on any atom is -0.396 e. The van der Waals surface area contributed by atoms with Crippen LogP contribution in [0.3, 0.4) is 0 Å². The van der Waals surface area contributed by atoms with Crippen molar-refractivity contribution >= 4 is 18.3 Å². The molecule has 2 atom stereocenters. The number of fused-ring (bicyclic) bond motifs is 1. The van der Waals surface area contributed by atoms with E-state index >= 15 is 0 Å². The fourth-order valence-electron chi connectivity index (χ4n) is 2.15. The zero-order valence-corrected chi connectivity index (χ0v) is 9.91. The molecule has 2 rings (SSSR count). The zero-order valence-electron chi connectivity index (χ0n) is 9.91. The maximum Gasteiger partial charge on any atom is 0.328 e. The predicted molar refractivity (Wildman–Crippen MR) is 60.4 cm³/mol. The van der Waals surface area contributed by atoms with Crippen LogP contribution >= 0.6 is 0 Å². The van der Waals surface area contributed by atoms with Gasteiger partial charge in [-0.05, 0) is 6.42 Å². The molecular weight excluding hydrogens is 224 g/mol. The normalized spacial score (nSPS) is 28.1. The molecule has 1 saturated heterocycles. The van der Waals surface area contributed by atoms with E-state index < -0.39 is 12.2 Å². The molecule has 0 aliphatic carbocycles. The van der Waals surface area contributed by atoms with Gasteiger partial charge in [-0.25, -0.2) is 9.79 Å². The van der Waals surface area contributed by atoms with Crippen molar-refractivity contribution < 1.29 is 14.7 Å². The smallest absolute Gasteiger partial charge is 0.328 e. The van der Waals surface area contributed by atoms with Crippen LogP contribution in [0.5, 0.6) is 0 Å². The molecule has 1 fully saturated rings. The average molecular weight is 240 g/mol. The number of aliphatic imine (C=N–C) groups is 1. The fraction of sp³-hybridized carbons (Fsp3) is 0.700. The van der Waals surface area contributed by atoms with E-state index in [0.29, 0.717) is 13.0 Å². The number of amides is 3. The van der Waals surface area contributed by atoms with Gasteiger partial charge in [0, 0.05) is 27.2 Å². The second-order valence-corrected chi connectivity index (χ2v) is 4.23. The SMILES string of the molecule is CN1C(=O)[C@@H]2[C@@H](N=CN2CCCO)N(C)C1=O. The Morgan fingerprint density at radius 2 is 2.12 bits per heavy atom. The highest BCUT2D eigenvalue weighted by Gasteiger charge is 2.47. The van der Waals surface area contributed by atoms with E-state index in [1.165, 1.54) is 11.9 Å². The first-order valence-electron chi connectivity index (χ1n) is 5.52. The molecule has 2 heterocycles. The highest BCUT2D eigenvalue weighted by atomic mass is 16.3. The van der Waals surface area contributed by atoms with Gasteiger partial charge >= 0.3 is 6.03 Å². The lowest BCUT2D eigenvalue weighted by molar-refractivity contribution is -0.136. The third-order valence-corrected chi connectivity index (χ3v) is 3.15. The van der Waals surface area contributed by atoms with Crippen LogP contribution < -0.4 is 0 Å². The molecule has 17 heavy (non-hydrogen) atoms. The van der Waals surface area contributed by atoms with Crippen LogP contribution in [0.4, 0.5) is 4.79 Å². The maximum absolute atomic E-state index is 12.0. The van der Waals surface area contributed by atoms with E-state index in [1.807, 2.05) is 0 Å². The summed E-state index contributed by atoms with van der Waals surface area (Å²) in [4.78, 5) is 32.3. The molecule has 2 aliphatic rings. The van der Waals surface area contributed by atoms with E-state index in [4.69, 9.17) is 5.11 Å². The van der Waals surface area contributed by atoms with Crippen molar-refractivity contribution in [2.75, 3.05) is 27.2 Å². The molecular formula is C10H16N4O3. The van der Waals surface area contributed by atoms with E-state index in [9.17, 15) is 9.59 Å². The van der Waals surface area contributed by atoms with E-state index in [1.54, 1.807) is 18.3 Å². The lowest BCUT2D eigenvalue weighted by Crippen LogP contribution is -2.63. The number of aliphatic hydroxyl groups excluding tert-OH is 1. The number of carbonyl (C=O) groups excluding carboxylic acids is 2. The summed E-state index contributed by atoms with van der Waals surface area (Å²) in [6, 6.07) is -0.786. The van der Waals surface area contributed by atoms with Crippen LogP contribution in [0.2, 0.25) is 0 Å². The Labute approximate surface area is 99.3 Å². The number of hydrogen-bond acceptors (Lipinski definition) is 5. The summed E-state index contributed by atoms with van der Waals surface area (Å²) in [7, 11) is 3.11. The number of hydrogen-bond donors (Lipinski definition) is 1. The van der Waals surface area contributed by atoms with Gasteiger partial charge in [-0.3, -0.25) is 9.69 Å². The molecule has 7 heteroatoms. The highest BCUT2D eigenvalue weighted by Crippen LogP contribution is 2.24. The van der Waals surface area contributed by atoms with Gasteiger partial charge in [0.1, 0.15) is 0 Å². The van der Waals surface area contributed by atoms with Crippen molar-refractivity contribution in [2.24, 2.45) is 4.99 Å². The van der Waals surface area contributed by atoms with Gasteiger partial charge in [0.15, 0.2) is 12.2 Å². The molecule has 0 saturated carbocycles. The Morgan fingerprint density at radius 3 is 2.76 bits per heavy atom. The van der Waals surface area contributed by atoms with Crippen LogP contribution in [0.15, 0.2) is 4.99 Å². The van der Waals surface area contributed by atoms with E-state index in [0.717, 1.165) is 4.90 Å². The van der Waals surface area contributed by atoms with Crippen molar-refractivity contribution in [1.82, 2.24) is 14.7 Å².